The van der Waals surface area contributed by atoms with E-state index in [0.717, 1.165) is 5.76 Å². The van der Waals surface area contributed by atoms with Crippen LogP contribution in [0.25, 0.3) is 0 Å². The highest BCUT2D eigenvalue weighted by atomic mass is 16.5. The standard InChI is InChI=1S/C17H20N2O5/c1-11(8-13-4-3-7-23-13)19-17(21)12-5-6-14(15(9-12)22-2)24-10-16(18)20/h3-7,9,11H,8,10H2,1-2H3,(H2,18,20)(H,19,21). The molecule has 3 N–H and O–H groups in total. The summed E-state index contributed by atoms with van der Waals surface area (Å²) < 4.78 is 15.7. The highest BCUT2D eigenvalue weighted by molar-refractivity contribution is 5.95. The van der Waals surface area contributed by atoms with Crippen molar-refractivity contribution >= 4 is 11.8 Å². The van der Waals surface area contributed by atoms with E-state index < -0.39 is 5.91 Å². The molecule has 0 radical (unpaired) electrons. The number of amides is 2. The van der Waals surface area contributed by atoms with Crippen LogP contribution in [0.5, 0.6) is 11.5 Å². The van der Waals surface area contributed by atoms with Crippen molar-refractivity contribution in [2.75, 3.05) is 13.7 Å². The molecule has 0 bridgehead atoms. The van der Waals surface area contributed by atoms with Crippen molar-refractivity contribution in [3.63, 3.8) is 0 Å². The lowest BCUT2D eigenvalue weighted by molar-refractivity contribution is -0.119. The zero-order chi connectivity index (χ0) is 17.5. The first-order chi connectivity index (χ1) is 11.5. The summed E-state index contributed by atoms with van der Waals surface area (Å²) in [5, 5.41) is 2.89. The average molecular weight is 332 g/mol. The number of ether oxygens (including phenoxy) is 2. The summed E-state index contributed by atoms with van der Waals surface area (Å²) in [4.78, 5) is 23.1. The molecule has 24 heavy (non-hydrogen) atoms. The van der Waals surface area contributed by atoms with E-state index >= 15 is 0 Å². The predicted octanol–water partition coefficient (Wildman–Crippen LogP) is 1.51. The van der Waals surface area contributed by atoms with Gasteiger partial charge in [0.25, 0.3) is 11.8 Å². The molecule has 7 nitrogen and oxygen atoms in total. The number of methoxy groups -OCH3 is 1. The van der Waals surface area contributed by atoms with Crippen LogP contribution in [0.2, 0.25) is 0 Å². The predicted molar refractivity (Wildman–Crippen MR) is 87.0 cm³/mol. The fraction of sp³-hybridized carbons (Fsp3) is 0.294. The summed E-state index contributed by atoms with van der Waals surface area (Å²) in [6, 6.07) is 8.27. The van der Waals surface area contributed by atoms with Gasteiger partial charge in [-0.1, -0.05) is 0 Å². The molecule has 1 aromatic heterocycles. The maximum atomic E-state index is 12.3. The Kier molecular flexibility index (Phi) is 5.83. The highest BCUT2D eigenvalue weighted by Gasteiger charge is 2.14. The van der Waals surface area contributed by atoms with E-state index in [1.165, 1.54) is 7.11 Å². The molecule has 128 valence electrons. The number of rotatable bonds is 8. The van der Waals surface area contributed by atoms with Gasteiger partial charge in [-0.25, -0.2) is 0 Å². The van der Waals surface area contributed by atoms with Gasteiger partial charge in [-0.15, -0.1) is 0 Å². The van der Waals surface area contributed by atoms with Crippen molar-refractivity contribution in [3.8, 4) is 11.5 Å². The van der Waals surface area contributed by atoms with E-state index in [0.29, 0.717) is 23.5 Å². The first kappa shape index (κ1) is 17.4. The lowest BCUT2D eigenvalue weighted by Gasteiger charge is -2.14. The second-order valence-corrected chi connectivity index (χ2v) is 5.28. The Labute approximate surface area is 139 Å². The first-order valence-corrected chi connectivity index (χ1v) is 7.42. The highest BCUT2D eigenvalue weighted by Crippen LogP contribution is 2.28. The zero-order valence-corrected chi connectivity index (χ0v) is 13.6. The smallest absolute Gasteiger partial charge is 0.255 e. The van der Waals surface area contributed by atoms with Crippen LogP contribution in [0, 0.1) is 0 Å². The summed E-state index contributed by atoms with van der Waals surface area (Å²) in [6.45, 7) is 1.63. The van der Waals surface area contributed by atoms with Crippen molar-refractivity contribution in [3.05, 3.63) is 47.9 Å². The van der Waals surface area contributed by atoms with Crippen molar-refractivity contribution in [2.45, 2.75) is 19.4 Å². The van der Waals surface area contributed by atoms with E-state index in [4.69, 9.17) is 19.6 Å². The van der Waals surface area contributed by atoms with E-state index in [1.54, 1.807) is 30.5 Å². The molecular weight excluding hydrogens is 312 g/mol. The van der Waals surface area contributed by atoms with Gasteiger partial charge in [0.05, 0.1) is 13.4 Å². The minimum Gasteiger partial charge on any atom is -0.493 e. The summed E-state index contributed by atoms with van der Waals surface area (Å²) in [5.41, 5.74) is 5.46. The van der Waals surface area contributed by atoms with Gasteiger partial charge in [-0.05, 0) is 37.3 Å². The Morgan fingerprint density at radius 1 is 1.29 bits per heavy atom. The lowest BCUT2D eigenvalue weighted by atomic mass is 10.1. The number of benzene rings is 1. The van der Waals surface area contributed by atoms with E-state index in [9.17, 15) is 9.59 Å². The molecule has 2 aromatic rings. The molecule has 1 heterocycles. The van der Waals surface area contributed by atoms with Crippen LogP contribution >= 0.6 is 0 Å². The first-order valence-electron chi connectivity index (χ1n) is 7.42. The van der Waals surface area contributed by atoms with Gasteiger partial charge in [-0.3, -0.25) is 9.59 Å². The largest absolute Gasteiger partial charge is 0.493 e. The van der Waals surface area contributed by atoms with Gasteiger partial charge in [0.2, 0.25) is 0 Å². The maximum absolute atomic E-state index is 12.3. The van der Waals surface area contributed by atoms with Crippen LogP contribution in [-0.4, -0.2) is 31.6 Å². The SMILES string of the molecule is COc1cc(C(=O)NC(C)Cc2ccco2)ccc1OCC(N)=O. The number of hydrogen-bond donors (Lipinski definition) is 2. The Morgan fingerprint density at radius 2 is 2.08 bits per heavy atom. The minimum atomic E-state index is -0.592. The molecule has 1 aromatic carbocycles. The maximum Gasteiger partial charge on any atom is 0.255 e. The summed E-state index contributed by atoms with van der Waals surface area (Å²) in [5.74, 6) is 0.661. The minimum absolute atomic E-state index is 0.0968. The van der Waals surface area contributed by atoms with Gasteiger partial charge in [-0.2, -0.15) is 0 Å². The molecule has 0 saturated carbocycles. The van der Waals surface area contributed by atoms with Crippen LogP contribution in [-0.2, 0) is 11.2 Å². The fourth-order valence-electron chi connectivity index (χ4n) is 2.17. The Bertz CT molecular complexity index is 697. The molecule has 2 rings (SSSR count). The van der Waals surface area contributed by atoms with E-state index in [2.05, 4.69) is 5.32 Å². The molecule has 0 fully saturated rings. The molecule has 2 amide bonds. The van der Waals surface area contributed by atoms with E-state index in [-0.39, 0.29) is 18.6 Å². The monoisotopic (exact) mass is 332 g/mol. The number of primary amides is 1. The quantitative estimate of drug-likeness (QED) is 0.762. The average Bonchev–Trinajstić information content (AvgIpc) is 3.05. The van der Waals surface area contributed by atoms with Gasteiger partial charge in [0.15, 0.2) is 18.1 Å². The fourth-order valence-corrected chi connectivity index (χ4v) is 2.17. The molecule has 0 aliphatic carbocycles. The van der Waals surface area contributed by atoms with Crippen LogP contribution < -0.4 is 20.5 Å². The molecular formula is C17H20N2O5. The number of carbonyl (C=O) groups excluding carboxylic acids is 2. The second kappa shape index (κ2) is 8.05. The number of furan rings is 1. The third-order valence-corrected chi connectivity index (χ3v) is 3.26. The van der Waals surface area contributed by atoms with Crippen molar-refractivity contribution in [1.82, 2.24) is 5.32 Å². The second-order valence-electron chi connectivity index (χ2n) is 5.28. The third-order valence-electron chi connectivity index (χ3n) is 3.26. The van der Waals surface area contributed by atoms with Crippen LogP contribution in [0.4, 0.5) is 0 Å². The van der Waals surface area contributed by atoms with Crippen LogP contribution in [0.3, 0.4) is 0 Å². The Balaban J connectivity index is 2.02. The van der Waals surface area contributed by atoms with Gasteiger partial charge in [0.1, 0.15) is 5.76 Å². The van der Waals surface area contributed by atoms with Gasteiger partial charge in [0, 0.05) is 18.0 Å². The normalized spacial score (nSPS) is 11.6. The lowest BCUT2D eigenvalue weighted by Crippen LogP contribution is -2.34. The molecule has 7 heteroatoms. The molecule has 0 saturated heterocycles. The Hall–Kier alpha value is -2.96. The van der Waals surface area contributed by atoms with Gasteiger partial charge >= 0.3 is 0 Å². The molecule has 1 unspecified atom stereocenters. The summed E-state index contributed by atoms with van der Waals surface area (Å²) in [6.07, 6.45) is 2.19. The topological polar surface area (TPSA) is 104 Å². The van der Waals surface area contributed by atoms with Crippen molar-refractivity contribution in [1.29, 1.82) is 0 Å². The summed E-state index contributed by atoms with van der Waals surface area (Å²) in [7, 11) is 1.45. The van der Waals surface area contributed by atoms with E-state index in [1.807, 2.05) is 13.0 Å². The third kappa shape index (κ3) is 4.77. The molecule has 0 spiro atoms. The van der Waals surface area contributed by atoms with Crippen molar-refractivity contribution < 1.29 is 23.5 Å². The number of nitrogens with one attached hydrogen (secondary N) is 1. The molecule has 0 aliphatic rings. The molecule has 0 aliphatic heterocycles. The van der Waals surface area contributed by atoms with Crippen LogP contribution in [0.1, 0.15) is 23.0 Å². The summed E-state index contributed by atoms with van der Waals surface area (Å²) >= 11 is 0. The number of carbonyl (C=O) groups is 2. The van der Waals surface area contributed by atoms with Crippen LogP contribution in [0.15, 0.2) is 41.0 Å². The number of nitrogens with two attached hydrogens (primary N) is 1. The molecule has 1 atom stereocenters. The van der Waals surface area contributed by atoms with Gasteiger partial charge < -0.3 is 24.9 Å². The Morgan fingerprint density at radius 3 is 2.71 bits per heavy atom. The van der Waals surface area contributed by atoms with Crippen molar-refractivity contribution in [2.24, 2.45) is 5.73 Å². The zero-order valence-electron chi connectivity index (χ0n) is 13.6. The number of hydrogen-bond acceptors (Lipinski definition) is 5.